The van der Waals surface area contributed by atoms with Crippen molar-refractivity contribution in [3.63, 3.8) is 0 Å². The van der Waals surface area contributed by atoms with Gasteiger partial charge >= 0.3 is 11.9 Å². The SMILES string of the molecule is CC(=O)N[C@](C)(CCc1ccc(C(=CCCCc2ccccc2)OC(=O)CCCCc2ccccc2)n1C)COC(C)=O. The second kappa shape index (κ2) is 17.1. The van der Waals surface area contributed by atoms with Gasteiger partial charge < -0.3 is 19.4 Å². The fourth-order valence-corrected chi connectivity index (χ4v) is 5.11. The lowest BCUT2D eigenvalue weighted by molar-refractivity contribution is -0.144. The molecule has 0 aliphatic carbocycles. The van der Waals surface area contributed by atoms with Gasteiger partial charge in [0.1, 0.15) is 6.61 Å². The molecule has 1 heterocycles. The van der Waals surface area contributed by atoms with E-state index in [9.17, 15) is 14.4 Å². The van der Waals surface area contributed by atoms with Crippen LogP contribution in [0.2, 0.25) is 0 Å². The summed E-state index contributed by atoms with van der Waals surface area (Å²) in [4.78, 5) is 36.2. The number of nitrogens with zero attached hydrogens (tertiary/aromatic N) is 1. The third kappa shape index (κ3) is 11.9. The zero-order chi connectivity index (χ0) is 31.1. The van der Waals surface area contributed by atoms with E-state index in [0.717, 1.165) is 49.9 Å². The summed E-state index contributed by atoms with van der Waals surface area (Å²) in [5.74, 6) is -0.232. The van der Waals surface area contributed by atoms with E-state index in [1.807, 2.05) is 73.1 Å². The molecule has 43 heavy (non-hydrogen) atoms. The van der Waals surface area contributed by atoms with Gasteiger partial charge in [-0.1, -0.05) is 60.7 Å². The van der Waals surface area contributed by atoms with Gasteiger partial charge in [0.25, 0.3) is 0 Å². The standard InChI is InChI=1S/C36H46N2O5/c1-28(39)37-36(3,27-42-29(2)40)26-25-32-23-24-33(38(32)4)34(21-13-11-19-30-15-7-5-8-16-30)43-35(41)22-14-12-20-31-17-9-6-10-18-31/h5-10,15-18,21,23-24H,11-14,19-20,22,25-27H2,1-4H3,(H,37,39)/t36-/m1/s1. The van der Waals surface area contributed by atoms with E-state index in [2.05, 4.69) is 29.6 Å². The molecule has 0 bridgehead atoms. The summed E-state index contributed by atoms with van der Waals surface area (Å²) < 4.78 is 13.3. The second-order valence-corrected chi connectivity index (χ2v) is 11.4. The van der Waals surface area contributed by atoms with Gasteiger partial charge in [0.05, 0.1) is 11.2 Å². The minimum absolute atomic E-state index is 0.0909. The van der Waals surface area contributed by atoms with Crippen LogP contribution in [-0.4, -0.2) is 34.6 Å². The van der Waals surface area contributed by atoms with Crippen LogP contribution in [0.15, 0.2) is 78.9 Å². The Hall–Kier alpha value is -4.13. The highest BCUT2D eigenvalue weighted by atomic mass is 16.5. The maximum absolute atomic E-state index is 12.9. The van der Waals surface area contributed by atoms with E-state index >= 15 is 0 Å². The lowest BCUT2D eigenvalue weighted by Crippen LogP contribution is -2.49. The van der Waals surface area contributed by atoms with Crippen LogP contribution < -0.4 is 5.32 Å². The Kier molecular flexibility index (Phi) is 13.3. The molecule has 0 unspecified atom stereocenters. The van der Waals surface area contributed by atoms with Crippen molar-refractivity contribution in [2.75, 3.05) is 6.61 Å². The van der Waals surface area contributed by atoms with Gasteiger partial charge in [-0.05, 0) is 87.6 Å². The van der Waals surface area contributed by atoms with Crippen molar-refractivity contribution in [3.8, 4) is 0 Å². The molecule has 0 saturated carbocycles. The molecule has 0 saturated heterocycles. The highest BCUT2D eigenvalue weighted by Gasteiger charge is 2.27. The molecular weight excluding hydrogens is 540 g/mol. The minimum atomic E-state index is -0.704. The number of carbonyl (C=O) groups is 3. The molecule has 2 aromatic carbocycles. The summed E-state index contributed by atoms with van der Waals surface area (Å²) in [5, 5.41) is 2.93. The number of nitrogens with one attached hydrogen (secondary N) is 1. The number of aryl methyl sites for hydroxylation is 3. The number of rotatable bonds is 17. The molecular formula is C36H46N2O5. The zero-order valence-electron chi connectivity index (χ0n) is 26.1. The lowest BCUT2D eigenvalue weighted by Gasteiger charge is -2.30. The molecule has 0 aliphatic rings. The summed E-state index contributed by atoms with van der Waals surface area (Å²) in [7, 11) is 1.96. The van der Waals surface area contributed by atoms with Gasteiger partial charge in [-0.2, -0.15) is 0 Å². The highest BCUT2D eigenvalue weighted by molar-refractivity contribution is 5.77. The number of amides is 1. The molecule has 1 N–H and O–H groups in total. The van der Waals surface area contributed by atoms with Crippen LogP contribution in [0.5, 0.6) is 0 Å². The van der Waals surface area contributed by atoms with E-state index in [4.69, 9.17) is 9.47 Å². The van der Waals surface area contributed by atoms with Crippen LogP contribution in [-0.2, 0) is 50.2 Å². The fourth-order valence-electron chi connectivity index (χ4n) is 5.11. The third-order valence-corrected chi connectivity index (χ3v) is 7.49. The van der Waals surface area contributed by atoms with Gasteiger partial charge in [0.2, 0.25) is 5.91 Å². The Bertz CT molecular complexity index is 1350. The van der Waals surface area contributed by atoms with Crippen LogP contribution >= 0.6 is 0 Å². The quantitative estimate of drug-likeness (QED) is 0.108. The molecule has 0 radical (unpaired) electrons. The third-order valence-electron chi connectivity index (χ3n) is 7.49. The molecule has 230 valence electrons. The number of allylic oxidation sites excluding steroid dienone is 1. The van der Waals surface area contributed by atoms with E-state index in [-0.39, 0.29) is 24.5 Å². The highest BCUT2D eigenvalue weighted by Crippen LogP contribution is 2.24. The number of benzene rings is 2. The molecule has 0 fully saturated rings. The first-order valence-corrected chi connectivity index (χ1v) is 15.2. The average Bonchev–Trinajstić information content (AvgIpc) is 3.35. The van der Waals surface area contributed by atoms with Crippen molar-refractivity contribution in [2.45, 2.75) is 84.1 Å². The maximum atomic E-state index is 12.9. The number of unbranched alkanes of at least 4 members (excludes halogenated alkanes) is 2. The zero-order valence-corrected chi connectivity index (χ0v) is 26.1. The van der Waals surface area contributed by atoms with E-state index in [1.54, 1.807) is 0 Å². The van der Waals surface area contributed by atoms with Crippen LogP contribution in [0.1, 0.15) is 81.8 Å². The molecule has 1 amide bonds. The fraction of sp³-hybridized carbons (Fsp3) is 0.417. The van der Waals surface area contributed by atoms with Gasteiger partial charge in [-0.3, -0.25) is 14.4 Å². The Morgan fingerprint density at radius 1 is 0.837 bits per heavy atom. The molecule has 0 aliphatic heterocycles. The Morgan fingerprint density at radius 2 is 1.47 bits per heavy atom. The van der Waals surface area contributed by atoms with Crippen LogP contribution in [0.4, 0.5) is 0 Å². The van der Waals surface area contributed by atoms with Crippen LogP contribution in [0, 0.1) is 0 Å². The van der Waals surface area contributed by atoms with Gasteiger partial charge in [-0.15, -0.1) is 0 Å². The maximum Gasteiger partial charge on any atom is 0.311 e. The summed E-state index contributed by atoms with van der Waals surface area (Å²) in [6, 6.07) is 24.6. The predicted octanol–water partition coefficient (Wildman–Crippen LogP) is 6.74. The molecule has 7 heteroatoms. The first-order chi connectivity index (χ1) is 20.6. The van der Waals surface area contributed by atoms with E-state index in [0.29, 0.717) is 25.0 Å². The molecule has 3 rings (SSSR count). The van der Waals surface area contributed by atoms with Crippen molar-refractivity contribution in [2.24, 2.45) is 7.05 Å². The van der Waals surface area contributed by atoms with Gasteiger partial charge in [0, 0.05) is 33.0 Å². The predicted molar refractivity (Wildman–Crippen MR) is 170 cm³/mol. The second-order valence-electron chi connectivity index (χ2n) is 11.4. The number of aromatic nitrogens is 1. The van der Waals surface area contributed by atoms with E-state index in [1.165, 1.54) is 25.0 Å². The van der Waals surface area contributed by atoms with E-state index < -0.39 is 5.54 Å². The van der Waals surface area contributed by atoms with Crippen molar-refractivity contribution in [1.29, 1.82) is 0 Å². The summed E-state index contributed by atoms with van der Waals surface area (Å²) in [5.41, 5.74) is 3.69. The first-order valence-electron chi connectivity index (χ1n) is 15.2. The minimum Gasteiger partial charge on any atom is -0.463 e. The van der Waals surface area contributed by atoms with Crippen molar-refractivity contribution >= 4 is 23.6 Å². The summed E-state index contributed by atoms with van der Waals surface area (Å²) in [6.45, 7) is 4.78. The molecule has 0 spiro atoms. The normalized spacial score (nSPS) is 12.8. The topological polar surface area (TPSA) is 86.6 Å². The smallest absolute Gasteiger partial charge is 0.311 e. The number of hydrogen-bond donors (Lipinski definition) is 1. The average molecular weight is 587 g/mol. The Balaban J connectivity index is 1.67. The Labute approximate surface area is 256 Å². The molecule has 1 atom stereocenters. The number of carbonyl (C=O) groups excluding carboxylic acids is 3. The summed E-state index contributed by atoms with van der Waals surface area (Å²) in [6.07, 6.45) is 8.84. The molecule has 3 aromatic rings. The molecule has 7 nitrogen and oxygen atoms in total. The Morgan fingerprint density at radius 3 is 2.07 bits per heavy atom. The van der Waals surface area contributed by atoms with Crippen molar-refractivity contribution in [1.82, 2.24) is 9.88 Å². The monoisotopic (exact) mass is 586 g/mol. The first kappa shape index (κ1) is 33.4. The number of ether oxygens (including phenoxy) is 2. The van der Waals surface area contributed by atoms with Crippen molar-refractivity contribution < 1.29 is 23.9 Å². The van der Waals surface area contributed by atoms with Crippen molar-refractivity contribution in [3.05, 3.63) is 101 Å². The van der Waals surface area contributed by atoms with Gasteiger partial charge in [0.15, 0.2) is 5.76 Å². The van der Waals surface area contributed by atoms with Crippen LogP contribution in [0.3, 0.4) is 0 Å². The largest absolute Gasteiger partial charge is 0.463 e. The molecule has 1 aromatic heterocycles. The summed E-state index contributed by atoms with van der Waals surface area (Å²) >= 11 is 0. The lowest BCUT2D eigenvalue weighted by atomic mass is 9.95. The number of hydrogen-bond acceptors (Lipinski definition) is 5. The number of esters is 2. The van der Waals surface area contributed by atoms with Gasteiger partial charge in [-0.25, -0.2) is 0 Å². The van der Waals surface area contributed by atoms with Crippen LogP contribution in [0.25, 0.3) is 5.76 Å².